The van der Waals surface area contributed by atoms with Crippen molar-refractivity contribution in [3.05, 3.63) is 47.5 Å². The molecule has 0 aliphatic carbocycles. The Bertz CT molecular complexity index is 1160. The lowest BCUT2D eigenvalue weighted by Gasteiger charge is -2.17. The maximum absolute atomic E-state index is 13.5. The number of halogens is 3. The number of benzene rings is 2. The third-order valence-electron chi connectivity index (χ3n) is 3.96. The molecule has 5 N–H and O–H groups in total. The quantitative estimate of drug-likeness (QED) is 0.557. The van der Waals surface area contributed by atoms with Crippen LogP contribution in [-0.2, 0) is 27.4 Å². The van der Waals surface area contributed by atoms with Gasteiger partial charge in [-0.1, -0.05) is 30.3 Å². The SMILES string of the molecule is NC(=O)Cc1ccc(-c2ccc(C(F)(F)F)c(S(N)(=O)=O)c2-c2nn[nH]n2)cc1. The molecule has 0 fully saturated rings. The lowest BCUT2D eigenvalue weighted by Crippen LogP contribution is -2.21. The molecule has 2 aromatic carbocycles. The number of primary sulfonamides is 1. The third kappa shape index (κ3) is 4.25. The Labute approximate surface area is 162 Å². The number of aromatic amines is 1. The average molecular weight is 426 g/mol. The number of sulfonamides is 1. The standard InChI is InChI=1S/C16H13F3N6O3S/c17-16(18,19)11-6-5-10(9-3-1-8(2-4-9)7-12(20)26)13(14(11)29(21,27)28)15-22-24-25-23-15/h1-6H,7H2,(H2,20,26)(H2,21,27,28)(H,22,23,24,25). The second-order valence-electron chi connectivity index (χ2n) is 5.98. The van der Waals surface area contributed by atoms with Gasteiger partial charge in [-0.25, -0.2) is 13.6 Å². The highest BCUT2D eigenvalue weighted by atomic mass is 32.2. The molecule has 13 heteroatoms. The van der Waals surface area contributed by atoms with Crippen LogP contribution in [0.1, 0.15) is 11.1 Å². The van der Waals surface area contributed by atoms with E-state index in [2.05, 4.69) is 20.6 Å². The second kappa shape index (κ2) is 7.25. The van der Waals surface area contributed by atoms with Gasteiger partial charge in [0.15, 0.2) is 0 Å². The van der Waals surface area contributed by atoms with Crippen molar-refractivity contribution in [1.29, 1.82) is 0 Å². The number of nitrogens with zero attached hydrogens (tertiary/aromatic N) is 3. The van der Waals surface area contributed by atoms with Crippen LogP contribution in [0.4, 0.5) is 13.2 Å². The van der Waals surface area contributed by atoms with E-state index in [9.17, 15) is 26.4 Å². The molecular formula is C16H13F3N6O3S. The van der Waals surface area contributed by atoms with Gasteiger partial charge in [-0.2, -0.15) is 18.4 Å². The lowest BCUT2D eigenvalue weighted by atomic mass is 9.95. The predicted octanol–water partition coefficient (Wildman–Crippen LogP) is 1.23. The van der Waals surface area contributed by atoms with Crippen molar-refractivity contribution in [2.75, 3.05) is 0 Å². The van der Waals surface area contributed by atoms with E-state index < -0.39 is 38.1 Å². The van der Waals surface area contributed by atoms with Crippen molar-refractivity contribution < 1.29 is 26.4 Å². The highest BCUT2D eigenvalue weighted by molar-refractivity contribution is 7.89. The summed E-state index contributed by atoms with van der Waals surface area (Å²) in [6.07, 6.45) is -5.03. The summed E-state index contributed by atoms with van der Waals surface area (Å²) < 4.78 is 64.7. The van der Waals surface area contributed by atoms with Gasteiger partial charge in [-0.05, 0) is 28.0 Å². The maximum Gasteiger partial charge on any atom is 0.417 e. The Kier molecular flexibility index (Phi) is 5.11. The Hall–Kier alpha value is -3.32. The Morgan fingerprint density at radius 1 is 1.10 bits per heavy atom. The zero-order valence-electron chi connectivity index (χ0n) is 14.4. The average Bonchev–Trinajstić information content (AvgIpc) is 3.13. The molecule has 3 aromatic rings. The van der Waals surface area contributed by atoms with Gasteiger partial charge in [-0.15, -0.1) is 10.2 Å². The zero-order valence-corrected chi connectivity index (χ0v) is 15.3. The van der Waals surface area contributed by atoms with E-state index in [1.54, 1.807) is 0 Å². The van der Waals surface area contributed by atoms with Crippen LogP contribution >= 0.6 is 0 Å². The number of H-pyrrole nitrogens is 1. The number of amides is 1. The van der Waals surface area contributed by atoms with Gasteiger partial charge in [-0.3, -0.25) is 4.79 Å². The molecule has 29 heavy (non-hydrogen) atoms. The van der Waals surface area contributed by atoms with Crippen LogP contribution in [0.15, 0.2) is 41.3 Å². The van der Waals surface area contributed by atoms with Crippen LogP contribution in [0.5, 0.6) is 0 Å². The number of hydrogen-bond acceptors (Lipinski definition) is 6. The summed E-state index contributed by atoms with van der Waals surface area (Å²) in [5, 5.41) is 17.8. The molecule has 1 aromatic heterocycles. The Morgan fingerprint density at radius 2 is 1.76 bits per heavy atom. The highest BCUT2D eigenvalue weighted by Gasteiger charge is 2.39. The van der Waals surface area contributed by atoms with Gasteiger partial charge in [0.25, 0.3) is 0 Å². The number of alkyl halides is 3. The van der Waals surface area contributed by atoms with Gasteiger partial charge in [0.2, 0.25) is 21.8 Å². The molecule has 152 valence electrons. The fourth-order valence-corrected chi connectivity index (χ4v) is 3.81. The van der Waals surface area contributed by atoms with Gasteiger partial charge in [0, 0.05) is 0 Å². The van der Waals surface area contributed by atoms with Crippen molar-refractivity contribution in [3.8, 4) is 22.5 Å². The first-order valence-corrected chi connectivity index (χ1v) is 9.41. The predicted molar refractivity (Wildman–Crippen MR) is 94.3 cm³/mol. The molecule has 0 saturated heterocycles. The van der Waals surface area contributed by atoms with E-state index in [-0.39, 0.29) is 17.8 Å². The monoisotopic (exact) mass is 426 g/mol. The van der Waals surface area contributed by atoms with Crippen molar-refractivity contribution in [3.63, 3.8) is 0 Å². The molecule has 0 aliphatic rings. The molecule has 0 unspecified atom stereocenters. The zero-order chi connectivity index (χ0) is 21.4. The first-order chi connectivity index (χ1) is 13.5. The number of nitrogens with two attached hydrogens (primary N) is 2. The summed E-state index contributed by atoms with van der Waals surface area (Å²) in [7, 11) is -4.83. The largest absolute Gasteiger partial charge is 0.417 e. The number of tetrazole rings is 1. The number of carbonyl (C=O) groups excluding carboxylic acids is 1. The minimum Gasteiger partial charge on any atom is -0.369 e. The number of hydrogen-bond donors (Lipinski definition) is 3. The normalized spacial score (nSPS) is 12.1. The third-order valence-corrected chi connectivity index (χ3v) is 4.95. The molecule has 0 bridgehead atoms. The molecule has 3 rings (SSSR count). The second-order valence-corrected chi connectivity index (χ2v) is 7.48. The van der Waals surface area contributed by atoms with Crippen LogP contribution in [0.2, 0.25) is 0 Å². The van der Waals surface area contributed by atoms with Crippen molar-refractivity contribution in [2.24, 2.45) is 10.9 Å². The smallest absolute Gasteiger partial charge is 0.369 e. The van der Waals surface area contributed by atoms with Crippen molar-refractivity contribution >= 4 is 15.9 Å². The highest BCUT2D eigenvalue weighted by Crippen LogP contribution is 2.42. The number of primary amides is 1. The first kappa shape index (κ1) is 20.4. The van der Waals surface area contributed by atoms with Gasteiger partial charge in [0.1, 0.15) is 4.90 Å². The minimum atomic E-state index is -5.00. The number of nitrogens with one attached hydrogen (secondary N) is 1. The lowest BCUT2D eigenvalue weighted by molar-refractivity contribution is -0.139. The maximum atomic E-state index is 13.5. The summed E-state index contributed by atoms with van der Waals surface area (Å²) in [5.74, 6) is -0.937. The number of aromatic nitrogens is 4. The van der Waals surface area contributed by atoms with Crippen molar-refractivity contribution in [2.45, 2.75) is 17.5 Å². The van der Waals surface area contributed by atoms with Gasteiger partial charge in [0.05, 0.1) is 17.5 Å². The minimum absolute atomic E-state index is 0.0343. The van der Waals surface area contributed by atoms with E-state index in [0.29, 0.717) is 17.2 Å². The molecule has 1 amide bonds. The van der Waals surface area contributed by atoms with Gasteiger partial charge >= 0.3 is 6.18 Å². The molecule has 0 aliphatic heterocycles. The fraction of sp³-hybridized carbons (Fsp3) is 0.125. The Morgan fingerprint density at radius 3 is 2.24 bits per heavy atom. The molecule has 0 radical (unpaired) electrons. The van der Waals surface area contributed by atoms with Crippen LogP contribution in [0.3, 0.4) is 0 Å². The van der Waals surface area contributed by atoms with E-state index in [4.69, 9.17) is 10.9 Å². The molecule has 9 nitrogen and oxygen atoms in total. The van der Waals surface area contributed by atoms with E-state index in [1.807, 2.05) is 0 Å². The number of rotatable bonds is 5. The molecule has 1 heterocycles. The fourth-order valence-electron chi connectivity index (χ4n) is 2.84. The topological polar surface area (TPSA) is 158 Å². The molecule has 0 saturated carbocycles. The van der Waals surface area contributed by atoms with E-state index >= 15 is 0 Å². The summed E-state index contributed by atoms with van der Waals surface area (Å²) in [6.45, 7) is 0. The van der Waals surface area contributed by atoms with E-state index in [1.165, 1.54) is 24.3 Å². The first-order valence-electron chi connectivity index (χ1n) is 7.87. The molecular weight excluding hydrogens is 413 g/mol. The number of carbonyl (C=O) groups is 1. The summed E-state index contributed by atoms with van der Waals surface area (Å²) >= 11 is 0. The van der Waals surface area contributed by atoms with Crippen molar-refractivity contribution in [1.82, 2.24) is 20.6 Å². The van der Waals surface area contributed by atoms with Crippen LogP contribution < -0.4 is 10.9 Å². The summed E-state index contributed by atoms with van der Waals surface area (Å²) in [4.78, 5) is 9.87. The molecule has 0 spiro atoms. The Balaban J connectivity index is 2.32. The van der Waals surface area contributed by atoms with Crippen LogP contribution in [0.25, 0.3) is 22.5 Å². The van der Waals surface area contributed by atoms with Crippen LogP contribution in [0, 0.1) is 0 Å². The summed E-state index contributed by atoms with van der Waals surface area (Å²) in [5.41, 5.74) is 4.23. The van der Waals surface area contributed by atoms with E-state index in [0.717, 1.165) is 6.07 Å². The van der Waals surface area contributed by atoms with Crippen LogP contribution in [-0.4, -0.2) is 34.9 Å². The summed E-state index contributed by atoms with van der Waals surface area (Å²) in [6, 6.07) is 7.78. The van der Waals surface area contributed by atoms with Gasteiger partial charge < -0.3 is 5.73 Å². The molecule has 0 atom stereocenters.